The van der Waals surface area contributed by atoms with E-state index in [4.69, 9.17) is 11.5 Å². The average Bonchev–Trinajstić information content (AvgIpc) is 2.82. The molecule has 18 heavy (non-hydrogen) atoms. The number of rotatable bonds is 2. The van der Waals surface area contributed by atoms with Gasteiger partial charge in [0.15, 0.2) is 0 Å². The van der Waals surface area contributed by atoms with E-state index in [-0.39, 0.29) is 6.04 Å². The molecule has 0 saturated carbocycles. The molecule has 3 nitrogen and oxygen atoms in total. The molecule has 1 atom stereocenters. The Kier molecular flexibility index (Phi) is 2.76. The lowest BCUT2D eigenvalue weighted by molar-refractivity contribution is 0.454. The van der Waals surface area contributed by atoms with Crippen LogP contribution in [0.1, 0.15) is 22.7 Å². The molecule has 0 radical (unpaired) electrons. The van der Waals surface area contributed by atoms with Crippen LogP contribution in [-0.2, 0) is 12.8 Å². The van der Waals surface area contributed by atoms with Crippen LogP contribution >= 0.6 is 0 Å². The molecule has 1 heterocycles. The molecular weight excluding hydrogens is 222 g/mol. The number of benzene rings is 1. The van der Waals surface area contributed by atoms with Crippen LogP contribution in [0.3, 0.4) is 0 Å². The summed E-state index contributed by atoms with van der Waals surface area (Å²) < 4.78 is 0. The summed E-state index contributed by atoms with van der Waals surface area (Å²) in [5.74, 6) is 0.425. The minimum atomic E-state index is -0.0360. The van der Waals surface area contributed by atoms with Crippen LogP contribution in [0.25, 0.3) is 0 Å². The summed E-state index contributed by atoms with van der Waals surface area (Å²) in [4.78, 5) is 4.13. The summed E-state index contributed by atoms with van der Waals surface area (Å²) in [5, 5.41) is 0. The van der Waals surface area contributed by atoms with Crippen LogP contribution in [0.5, 0.6) is 0 Å². The van der Waals surface area contributed by atoms with Gasteiger partial charge in [0.05, 0.1) is 0 Å². The molecule has 1 aromatic carbocycles. The fraction of sp³-hybridized carbons (Fsp3) is 0.267. The predicted molar refractivity (Wildman–Crippen MR) is 72.9 cm³/mol. The molecule has 2 aromatic rings. The van der Waals surface area contributed by atoms with Crippen molar-refractivity contribution < 1.29 is 0 Å². The summed E-state index contributed by atoms with van der Waals surface area (Å²) >= 11 is 0. The molecule has 1 aliphatic rings. The molecule has 3 rings (SSSR count). The molecule has 0 fully saturated rings. The summed E-state index contributed by atoms with van der Waals surface area (Å²) in [5.41, 5.74) is 16.9. The van der Waals surface area contributed by atoms with E-state index >= 15 is 0 Å². The van der Waals surface area contributed by atoms with Crippen LogP contribution in [0, 0.1) is 5.92 Å². The summed E-state index contributed by atoms with van der Waals surface area (Å²) in [7, 11) is 0. The van der Waals surface area contributed by atoms with Gasteiger partial charge in [0.1, 0.15) is 0 Å². The standard InChI is InChI=1S/C15H17N3/c16-14-5-6-18-9-13(14)15(17)12-7-10-3-1-2-4-11(10)8-12/h1-6,9,12,15H,7-8,17H2,(H2,16,18). The number of pyridine rings is 1. The van der Waals surface area contributed by atoms with Gasteiger partial charge < -0.3 is 11.5 Å². The van der Waals surface area contributed by atoms with Crippen LogP contribution in [0.4, 0.5) is 5.69 Å². The molecule has 92 valence electrons. The first-order valence-corrected chi connectivity index (χ1v) is 6.27. The van der Waals surface area contributed by atoms with E-state index in [0.29, 0.717) is 5.92 Å². The molecular formula is C15H17N3. The van der Waals surface area contributed by atoms with E-state index in [2.05, 4.69) is 29.2 Å². The first-order valence-electron chi connectivity index (χ1n) is 6.27. The number of hydrogen-bond acceptors (Lipinski definition) is 3. The van der Waals surface area contributed by atoms with Gasteiger partial charge in [-0.15, -0.1) is 0 Å². The highest BCUT2D eigenvalue weighted by molar-refractivity contribution is 5.47. The van der Waals surface area contributed by atoms with Crippen LogP contribution in [0.2, 0.25) is 0 Å². The second-order valence-electron chi connectivity index (χ2n) is 4.97. The Morgan fingerprint density at radius 3 is 2.39 bits per heavy atom. The number of hydrogen-bond donors (Lipinski definition) is 2. The van der Waals surface area contributed by atoms with Gasteiger partial charge >= 0.3 is 0 Å². The molecule has 1 unspecified atom stereocenters. The zero-order chi connectivity index (χ0) is 12.5. The van der Waals surface area contributed by atoms with Crippen molar-refractivity contribution in [2.24, 2.45) is 11.7 Å². The van der Waals surface area contributed by atoms with Gasteiger partial charge in [0.2, 0.25) is 0 Å². The molecule has 0 saturated heterocycles. The van der Waals surface area contributed by atoms with E-state index in [1.807, 2.05) is 6.07 Å². The van der Waals surface area contributed by atoms with Crippen molar-refractivity contribution in [2.45, 2.75) is 18.9 Å². The van der Waals surface area contributed by atoms with Crippen molar-refractivity contribution in [1.29, 1.82) is 0 Å². The van der Waals surface area contributed by atoms with Crippen molar-refractivity contribution in [3.05, 3.63) is 59.4 Å². The van der Waals surface area contributed by atoms with Gasteiger partial charge in [-0.25, -0.2) is 0 Å². The smallest absolute Gasteiger partial charge is 0.0393 e. The molecule has 1 aliphatic carbocycles. The third-order valence-electron chi connectivity index (χ3n) is 3.84. The molecule has 3 heteroatoms. The third-order valence-corrected chi connectivity index (χ3v) is 3.84. The van der Waals surface area contributed by atoms with Crippen molar-refractivity contribution in [1.82, 2.24) is 4.98 Å². The van der Waals surface area contributed by atoms with Crippen molar-refractivity contribution in [2.75, 3.05) is 5.73 Å². The monoisotopic (exact) mass is 239 g/mol. The first kappa shape index (κ1) is 11.2. The summed E-state index contributed by atoms with van der Waals surface area (Å²) in [6, 6.07) is 10.3. The third kappa shape index (κ3) is 1.87. The molecule has 0 spiro atoms. The maximum absolute atomic E-state index is 6.36. The van der Waals surface area contributed by atoms with Crippen molar-refractivity contribution >= 4 is 5.69 Å². The number of nitrogens with two attached hydrogens (primary N) is 2. The van der Waals surface area contributed by atoms with E-state index in [9.17, 15) is 0 Å². The number of aromatic nitrogens is 1. The number of anilines is 1. The Morgan fingerprint density at radius 2 is 1.78 bits per heavy atom. The van der Waals surface area contributed by atoms with Crippen molar-refractivity contribution in [3.8, 4) is 0 Å². The van der Waals surface area contributed by atoms with Gasteiger partial charge in [-0.2, -0.15) is 0 Å². The minimum absolute atomic E-state index is 0.0360. The van der Waals surface area contributed by atoms with Gasteiger partial charge in [-0.3, -0.25) is 4.98 Å². The Hall–Kier alpha value is -1.87. The molecule has 0 bridgehead atoms. The van der Waals surface area contributed by atoms with Crippen LogP contribution in [-0.4, -0.2) is 4.98 Å². The lowest BCUT2D eigenvalue weighted by Crippen LogP contribution is -2.23. The van der Waals surface area contributed by atoms with E-state index < -0.39 is 0 Å². The fourth-order valence-corrected chi connectivity index (χ4v) is 2.80. The average molecular weight is 239 g/mol. The Balaban J connectivity index is 1.85. The van der Waals surface area contributed by atoms with Gasteiger partial charge in [0, 0.05) is 29.7 Å². The highest BCUT2D eigenvalue weighted by Gasteiger charge is 2.28. The highest BCUT2D eigenvalue weighted by Crippen LogP contribution is 2.35. The predicted octanol–water partition coefficient (Wildman–Crippen LogP) is 2.08. The van der Waals surface area contributed by atoms with Crippen molar-refractivity contribution in [3.63, 3.8) is 0 Å². The lowest BCUT2D eigenvalue weighted by Gasteiger charge is -2.20. The second kappa shape index (κ2) is 4.42. The summed E-state index contributed by atoms with van der Waals surface area (Å²) in [6.45, 7) is 0. The normalized spacial score (nSPS) is 16.5. The van der Waals surface area contributed by atoms with Crippen LogP contribution in [0.15, 0.2) is 42.7 Å². The molecule has 0 amide bonds. The number of nitrogens with zero attached hydrogens (tertiary/aromatic N) is 1. The van der Waals surface area contributed by atoms with Crippen LogP contribution < -0.4 is 11.5 Å². The maximum Gasteiger partial charge on any atom is 0.0393 e. The highest BCUT2D eigenvalue weighted by atomic mass is 14.7. The van der Waals surface area contributed by atoms with Gasteiger partial charge in [-0.05, 0) is 36.0 Å². The number of nitrogen functional groups attached to an aromatic ring is 1. The van der Waals surface area contributed by atoms with E-state index in [0.717, 1.165) is 24.1 Å². The Morgan fingerprint density at radius 1 is 1.11 bits per heavy atom. The summed E-state index contributed by atoms with van der Waals surface area (Å²) in [6.07, 6.45) is 5.56. The zero-order valence-corrected chi connectivity index (χ0v) is 10.2. The molecule has 0 aliphatic heterocycles. The molecule has 4 N–H and O–H groups in total. The fourth-order valence-electron chi connectivity index (χ4n) is 2.80. The van der Waals surface area contributed by atoms with Gasteiger partial charge in [-0.1, -0.05) is 24.3 Å². The van der Waals surface area contributed by atoms with Gasteiger partial charge in [0.25, 0.3) is 0 Å². The topological polar surface area (TPSA) is 64.9 Å². The quantitative estimate of drug-likeness (QED) is 0.843. The minimum Gasteiger partial charge on any atom is -0.398 e. The van der Waals surface area contributed by atoms with E-state index in [1.165, 1.54) is 11.1 Å². The number of fused-ring (bicyclic) bond motifs is 1. The maximum atomic E-state index is 6.36. The second-order valence-corrected chi connectivity index (χ2v) is 4.97. The Labute approximate surface area is 107 Å². The zero-order valence-electron chi connectivity index (χ0n) is 10.2. The van der Waals surface area contributed by atoms with E-state index in [1.54, 1.807) is 12.4 Å². The lowest BCUT2D eigenvalue weighted by atomic mass is 9.91. The SMILES string of the molecule is Nc1ccncc1C(N)C1Cc2ccccc2C1. The largest absolute Gasteiger partial charge is 0.398 e. The Bertz CT molecular complexity index is 540. The molecule has 1 aromatic heterocycles. The first-order chi connectivity index (χ1) is 8.75.